The first-order valence-electron chi connectivity index (χ1n) is 7.65. The summed E-state index contributed by atoms with van der Waals surface area (Å²) in [6, 6.07) is 7.96. The number of piperazine rings is 1. The molecule has 9 heteroatoms. The van der Waals surface area contributed by atoms with Crippen LogP contribution in [0.1, 0.15) is 10.4 Å². The molecule has 132 valence electrons. The largest absolute Gasteiger partial charge is 0.365 e. The van der Waals surface area contributed by atoms with Crippen molar-refractivity contribution in [3.05, 3.63) is 54.0 Å². The number of carbonyl (C=O) groups is 1. The van der Waals surface area contributed by atoms with Gasteiger partial charge in [-0.15, -0.1) is 0 Å². The highest BCUT2D eigenvalue weighted by Gasteiger charge is 2.29. The molecule has 1 aromatic carbocycles. The Hall–Kier alpha value is -2.52. The molecule has 7 nitrogen and oxygen atoms in total. The van der Waals surface area contributed by atoms with Gasteiger partial charge >= 0.3 is 0 Å². The van der Waals surface area contributed by atoms with E-state index < -0.39 is 21.7 Å². The average Bonchev–Trinajstić information content (AvgIpc) is 2.62. The number of carbonyl (C=O) groups excluding carboxylic acids is 1. The van der Waals surface area contributed by atoms with Gasteiger partial charge in [-0.05, 0) is 36.4 Å². The van der Waals surface area contributed by atoms with Crippen molar-refractivity contribution >= 4 is 21.7 Å². The lowest BCUT2D eigenvalue weighted by Crippen LogP contribution is -2.49. The third-order valence-electron chi connectivity index (χ3n) is 4.04. The summed E-state index contributed by atoms with van der Waals surface area (Å²) in [5, 5.41) is 0. The number of nitrogens with zero attached hydrogens (tertiary/aromatic N) is 3. The number of rotatable bonds is 4. The van der Waals surface area contributed by atoms with Crippen LogP contribution in [0.5, 0.6) is 0 Å². The highest BCUT2D eigenvalue weighted by molar-refractivity contribution is 7.89. The van der Waals surface area contributed by atoms with Gasteiger partial charge in [-0.2, -0.15) is 4.31 Å². The molecule has 2 N–H and O–H groups in total. The standard InChI is InChI=1S/C16H17FN4O3S/c17-12-3-5-13(6-4-12)25(23,24)21-10-8-20(9-11-21)16-14(15(18)22)2-1-7-19-16/h1-7H,8-11H2,(H2,18,22). The SMILES string of the molecule is NC(=O)c1cccnc1N1CCN(S(=O)(=O)c2ccc(F)cc2)CC1. The number of aromatic nitrogens is 1. The maximum absolute atomic E-state index is 13.0. The Morgan fingerprint density at radius 1 is 1.08 bits per heavy atom. The molecule has 0 aliphatic carbocycles. The van der Waals surface area contributed by atoms with E-state index in [4.69, 9.17) is 5.73 Å². The van der Waals surface area contributed by atoms with Crippen molar-refractivity contribution in [1.29, 1.82) is 0 Å². The number of benzene rings is 1. The Labute approximate surface area is 144 Å². The van der Waals surface area contributed by atoms with E-state index in [9.17, 15) is 17.6 Å². The number of primary amides is 1. The zero-order valence-corrected chi connectivity index (χ0v) is 14.1. The van der Waals surface area contributed by atoms with Crippen molar-refractivity contribution in [2.75, 3.05) is 31.1 Å². The van der Waals surface area contributed by atoms with Gasteiger partial charge in [0.2, 0.25) is 10.0 Å². The number of sulfonamides is 1. The summed E-state index contributed by atoms with van der Waals surface area (Å²) in [5.41, 5.74) is 5.67. The highest BCUT2D eigenvalue weighted by atomic mass is 32.2. The van der Waals surface area contributed by atoms with Crippen molar-refractivity contribution < 1.29 is 17.6 Å². The monoisotopic (exact) mass is 364 g/mol. The summed E-state index contributed by atoms with van der Waals surface area (Å²) in [6.07, 6.45) is 1.56. The van der Waals surface area contributed by atoms with Crippen LogP contribution < -0.4 is 10.6 Å². The van der Waals surface area contributed by atoms with Crippen molar-refractivity contribution in [2.24, 2.45) is 5.73 Å². The van der Waals surface area contributed by atoms with E-state index in [2.05, 4.69) is 4.98 Å². The fourth-order valence-electron chi connectivity index (χ4n) is 2.74. The molecule has 0 unspecified atom stereocenters. The molecule has 0 bridgehead atoms. The van der Waals surface area contributed by atoms with Crippen LogP contribution in [0.4, 0.5) is 10.2 Å². The zero-order valence-electron chi connectivity index (χ0n) is 13.3. The Morgan fingerprint density at radius 3 is 2.32 bits per heavy atom. The Kier molecular flexibility index (Phi) is 4.69. The van der Waals surface area contributed by atoms with Crippen LogP contribution in [0, 0.1) is 5.82 Å². The number of pyridine rings is 1. The van der Waals surface area contributed by atoms with Crippen molar-refractivity contribution in [2.45, 2.75) is 4.90 Å². The van der Waals surface area contributed by atoms with Crippen LogP contribution in [-0.2, 0) is 10.0 Å². The van der Waals surface area contributed by atoms with Crippen LogP contribution in [0.15, 0.2) is 47.5 Å². The van der Waals surface area contributed by atoms with Gasteiger partial charge in [0.1, 0.15) is 11.6 Å². The lowest BCUT2D eigenvalue weighted by molar-refractivity contribution is 0.1000. The molecular weight excluding hydrogens is 347 g/mol. The van der Waals surface area contributed by atoms with Gasteiger partial charge in [0.05, 0.1) is 10.5 Å². The third-order valence-corrected chi connectivity index (χ3v) is 5.95. The van der Waals surface area contributed by atoms with Gasteiger partial charge < -0.3 is 10.6 Å². The van der Waals surface area contributed by atoms with Crippen molar-refractivity contribution in [3.8, 4) is 0 Å². The van der Waals surface area contributed by atoms with E-state index in [0.717, 1.165) is 12.1 Å². The molecule has 0 spiro atoms. The molecule has 0 saturated carbocycles. The second kappa shape index (κ2) is 6.77. The van der Waals surface area contributed by atoms with Crippen LogP contribution in [0.25, 0.3) is 0 Å². The summed E-state index contributed by atoms with van der Waals surface area (Å²) in [7, 11) is -3.68. The smallest absolute Gasteiger partial charge is 0.252 e. The zero-order chi connectivity index (χ0) is 18.0. The maximum atomic E-state index is 13.0. The molecule has 1 aliphatic rings. The molecule has 3 rings (SSSR count). The summed E-state index contributed by atoms with van der Waals surface area (Å²) < 4.78 is 39.6. The molecule has 2 aromatic rings. The highest BCUT2D eigenvalue weighted by Crippen LogP contribution is 2.22. The fraction of sp³-hybridized carbons (Fsp3) is 0.250. The van der Waals surface area contributed by atoms with Crippen LogP contribution in [0.2, 0.25) is 0 Å². The normalized spacial score (nSPS) is 16.0. The molecule has 1 fully saturated rings. The minimum atomic E-state index is -3.68. The predicted molar refractivity (Wildman–Crippen MR) is 90.1 cm³/mol. The topological polar surface area (TPSA) is 96.6 Å². The average molecular weight is 364 g/mol. The number of hydrogen-bond acceptors (Lipinski definition) is 5. The first kappa shape index (κ1) is 17.3. The Morgan fingerprint density at radius 2 is 1.72 bits per heavy atom. The molecule has 1 aliphatic heterocycles. The van der Waals surface area contributed by atoms with Gasteiger partial charge in [-0.25, -0.2) is 17.8 Å². The molecular formula is C16H17FN4O3S. The molecule has 0 radical (unpaired) electrons. The summed E-state index contributed by atoms with van der Waals surface area (Å²) in [6.45, 7) is 1.21. The second-order valence-electron chi connectivity index (χ2n) is 5.58. The van der Waals surface area contributed by atoms with Crippen LogP contribution in [0.3, 0.4) is 0 Å². The summed E-state index contributed by atoms with van der Waals surface area (Å²) in [5.74, 6) is -0.615. The minimum Gasteiger partial charge on any atom is -0.365 e. The van der Waals surface area contributed by atoms with E-state index in [1.54, 1.807) is 18.3 Å². The quantitative estimate of drug-likeness (QED) is 0.867. The van der Waals surface area contributed by atoms with E-state index in [-0.39, 0.29) is 18.0 Å². The summed E-state index contributed by atoms with van der Waals surface area (Å²) in [4.78, 5) is 17.6. The van der Waals surface area contributed by atoms with Crippen molar-refractivity contribution in [3.63, 3.8) is 0 Å². The first-order valence-corrected chi connectivity index (χ1v) is 9.09. The number of anilines is 1. The van der Waals surface area contributed by atoms with Gasteiger partial charge in [0, 0.05) is 32.4 Å². The molecule has 1 saturated heterocycles. The number of nitrogens with two attached hydrogens (primary N) is 1. The molecule has 25 heavy (non-hydrogen) atoms. The predicted octanol–water partition coefficient (Wildman–Crippen LogP) is 0.830. The number of amides is 1. The number of halogens is 1. The van der Waals surface area contributed by atoms with E-state index in [1.165, 1.54) is 16.4 Å². The Balaban J connectivity index is 1.76. The third kappa shape index (κ3) is 3.47. The molecule has 0 atom stereocenters. The second-order valence-corrected chi connectivity index (χ2v) is 7.52. The van der Waals surface area contributed by atoms with E-state index in [1.807, 2.05) is 4.90 Å². The van der Waals surface area contributed by atoms with Gasteiger partial charge in [0.25, 0.3) is 5.91 Å². The molecule has 2 heterocycles. The number of hydrogen-bond donors (Lipinski definition) is 1. The van der Waals surface area contributed by atoms with Crippen molar-refractivity contribution in [1.82, 2.24) is 9.29 Å². The lowest BCUT2D eigenvalue weighted by Gasteiger charge is -2.35. The lowest BCUT2D eigenvalue weighted by atomic mass is 10.2. The fourth-order valence-corrected chi connectivity index (χ4v) is 4.16. The first-order chi connectivity index (χ1) is 11.9. The maximum Gasteiger partial charge on any atom is 0.252 e. The van der Waals surface area contributed by atoms with Gasteiger partial charge in [0.15, 0.2) is 0 Å². The molecule has 1 aromatic heterocycles. The van der Waals surface area contributed by atoms with Gasteiger partial charge in [-0.1, -0.05) is 0 Å². The van der Waals surface area contributed by atoms with Crippen LogP contribution in [-0.4, -0.2) is 49.8 Å². The van der Waals surface area contributed by atoms with E-state index in [0.29, 0.717) is 24.5 Å². The molecule has 1 amide bonds. The Bertz CT molecular complexity index is 879. The minimum absolute atomic E-state index is 0.0537. The van der Waals surface area contributed by atoms with Crippen LogP contribution >= 0.6 is 0 Å². The van der Waals surface area contributed by atoms with Gasteiger partial charge in [-0.3, -0.25) is 4.79 Å². The summed E-state index contributed by atoms with van der Waals surface area (Å²) >= 11 is 0. The van der Waals surface area contributed by atoms with E-state index >= 15 is 0 Å².